The van der Waals surface area contributed by atoms with Crippen LogP contribution in [0.25, 0.3) is 0 Å². The number of benzene rings is 2. The molecule has 2 aliphatic rings. The van der Waals surface area contributed by atoms with Gasteiger partial charge in [-0.2, -0.15) is 8.42 Å². The maximum Gasteiger partial charge on any atom is 0.285 e. The van der Waals surface area contributed by atoms with E-state index in [2.05, 4.69) is 9.71 Å². The van der Waals surface area contributed by atoms with Gasteiger partial charge in [0.15, 0.2) is 5.84 Å². The molecule has 0 radical (unpaired) electrons. The van der Waals surface area contributed by atoms with Gasteiger partial charge >= 0.3 is 0 Å². The van der Waals surface area contributed by atoms with E-state index in [1.54, 1.807) is 42.5 Å². The molecule has 1 atom stereocenters. The first-order valence-corrected chi connectivity index (χ1v) is 11.0. The first-order chi connectivity index (χ1) is 13.3. The molecule has 0 saturated carbocycles. The number of piperidine rings is 1. The highest BCUT2D eigenvalue weighted by Crippen LogP contribution is 2.30. The van der Waals surface area contributed by atoms with Crippen molar-refractivity contribution in [1.82, 2.24) is 4.90 Å². The lowest BCUT2D eigenvalue weighted by molar-refractivity contribution is -0.121. The van der Waals surface area contributed by atoms with E-state index in [-0.39, 0.29) is 16.7 Å². The van der Waals surface area contributed by atoms with Gasteiger partial charge in [0.05, 0.1) is 16.0 Å². The van der Waals surface area contributed by atoms with Gasteiger partial charge in [0, 0.05) is 24.3 Å². The molecule has 1 fully saturated rings. The normalized spacial score (nSPS) is 20.4. The molecule has 0 aliphatic carbocycles. The van der Waals surface area contributed by atoms with Crippen molar-refractivity contribution in [3.8, 4) is 0 Å². The van der Waals surface area contributed by atoms with Crippen molar-refractivity contribution in [3.05, 3.63) is 58.1 Å². The van der Waals surface area contributed by atoms with E-state index >= 15 is 0 Å². The number of likely N-dealkylation sites (tertiary alicyclic amines) is 1. The molecule has 9 heteroatoms. The van der Waals surface area contributed by atoms with Crippen LogP contribution in [0.4, 0.5) is 5.69 Å². The maximum absolute atomic E-state index is 12.7. The number of carbonyl (C=O) groups excluding carboxylic acids is 1. The molecule has 28 heavy (non-hydrogen) atoms. The molecular formula is C19H17Cl2N3O3S. The molecule has 2 aliphatic heterocycles. The van der Waals surface area contributed by atoms with Crippen molar-refractivity contribution < 1.29 is 13.2 Å². The van der Waals surface area contributed by atoms with Crippen LogP contribution < -0.4 is 5.32 Å². The van der Waals surface area contributed by atoms with Crippen LogP contribution in [-0.2, 0) is 14.8 Å². The summed E-state index contributed by atoms with van der Waals surface area (Å²) in [6.07, 6.45) is 1.48. The average molecular weight is 438 g/mol. The standard InChI is InChI=1S/C19H17Cl2N3O3S/c20-15-8-7-13(10-16(15)21)22-19(25)12-4-3-9-24(11-12)18-14-5-1-2-6-17(14)28(26,27)23-18/h1-2,5-8,10,12H,3-4,9,11H2,(H,22,25). The van der Waals surface area contributed by atoms with Crippen LogP contribution >= 0.6 is 23.2 Å². The molecular weight excluding hydrogens is 421 g/mol. The molecule has 6 nitrogen and oxygen atoms in total. The Morgan fingerprint density at radius 1 is 1.14 bits per heavy atom. The lowest BCUT2D eigenvalue weighted by Gasteiger charge is -2.33. The Balaban J connectivity index is 1.52. The second-order valence-electron chi connectivity index (χ2n) is 6.79. The number of halogens is 2. The van der Waals surface area contributed by atoms with Gasteiger partial charge in [-0.05, 0) is 43.2 Å². The minimum absolute atomic E-state index is 0.141. The second-order valence-corrected chi connectivity index (χ2v) is 9.18. The van der Waals surface area contributed by atoms with Gasteiger partial charge in [0.25, 0.3) is 10.0 Å². The fourth-order valence-electron chi connectivity index (χ4n) is 3.52. The van der Waals surface area contributed by atoms with Crippen LogP contribution in [0.3, 0.4) is 0 Å². The third-order valence-corrected chi connectivity index (χ3v) is 6.96. The summed E-state index contributed by atoms with van der Waals surface area (Å²) in [4.78, 5) is 14.8. The molecule has 0 spiro atoms. The van der Waals surface area contributed by atoms with Crippen LogP contribution in [0, 0.1) is 5.92 Å². The summed E-state index contributed by atoms with van der Waals surface area (Å²) in [5, 5.41) is 3.65. The number of sulfonamides is 1. The average Bonchev–Trinajstić information content (AvgIpc) is 2.96. The number of carbonyl (C=O) groups is 1. The third-order valence-electron chi connectivity index (χ3n) is 4.89. The summed E-state index contributed by atoms with van der Waals surface area (Å²) >= 11 is 11.9. The number of nitrogens with one attached hydrogen (secondary N) is 1. The Morgan fingerprint density at radius 3 is 2.71 bits per heavy atom. The van der Waals surface area contributed by atoms with Gasteiger partial charge in [0.2, 0.25) is 5.91 Å². The number of amidine groups is 1. The van der Waals surface area contributed by atoms with Crippen molar-refractivity contribution in [2.45, 2.75) is 17.7 Å². The number of fused-ring (bicyclic) bond motifs is 1. The van der Waals surface area contributed by atoms with E-state index in [0.717, 1.165) is 6.42 Å². The molecule has 2 aromatic carbocycles. The first-order valence-electron chi connectivity index (χ1n) is 8.80. The van der Waals surface area contributed by atoms with Crippen molar-refractivity contribution in [3.63, 3.8) is 0 Å². The number of hydrogen-bond donors (Lipinski definition) is 1. The zero-order chi connectivity index (χ0) is 19.9. The molecule has 1 amide bonds. The summed E-state index contributed by atoms with van der Waals surface area (Å²) in [6, 6.07) is 11.7. The molecule has 4 rings (SSSR count). The molecule has 0 bridgehead atoms. The highest BCUT2D eigenvalue weighted by molar-refractivity contribution is 7.90. The number of hydrogen-bond acceptors (Lipinski definition) is 4. The van der Waals surface area contributed by atoms with E-state index in [9.17, 15) is 13.2 Å². The largest absolute Gasteiger partial charge is 0.355 e. The van der Waals surface area contributed by atoms with Gasteiger partial charge in [-0.25, -0.2) is 0 Å². The van der Waals surface area contributed by atoms with Crippen molar-refractivity contribution in [1.29, 1.82) is 0 Å². The zero-order valence-electron chi connectivity index (χ0n) is 14.7. The van der Waals surface area contributed by atoms with E-state index < -0.39 is 10.0 Å². The van der Waals surface area contributed by atoms with Gasteiger partial charge in [-0.3, -0.25) is 4.79 Å². The lowest BCUT2D eigenvalue weighted by atomic mass is 9.96. The SMILES string of the molecule is O=C(Nc1ccc(Cl)c(Cl)c1)C1CCCN(C2=NS(=O)(=O)c3ccccc32)C1. The molecule has 146 valence electrons. The van der Waals surface area contributed by atoms with Gasteiger partial charge in [0.1, 0.15) is 4.90 Å². The molecule has 1 saturated heterocycles. The predicted molar refractivity (Wildman–Crippen MR) is 110 cm³/mol. The minimum Gasteiger partial charge on any atom is -0.355 e. The minimum atomic E-state index is -3.68. The lowest BCUT2D eigenvalue weighted by Crippen LogP contribution is -2.43. The first kappa shape index (κ1) is 19.2. The quantitative estimate of drug-likeness (QED) is 0.774. The zero-order valence-corrected chi connectivity index (χ0v) is 17.1. The molecule has 0 aromatic heterocycles. The summed E-state index contributed by atoms with van der Waals surface area (Å²) in [5.41, 5.74) is 1.16. The Bertz CT molecular complexity index is 1090. The number of amides is 1. The molecule has 1 N–H and O–H groups in total. The van der Waals surface area contributed by atoms with Crippen LogP contribution in [0.2, 0.25) is 10.0 Å². The van der Waals surface area contributed by atoms with E-state index in [1.165, 1.54) is 0 Å². The summed E-state index contributed by atoms with van der Waals surface area (Å²) in [5.74, 6) is -0.0122. The van der Waals surface area contributed by atoms with Crippen molar-refractivity contribution in [2.24, 2.45) is 10.3 Å². The number of rotatable bonds is 2. The van der Waals surface area contributed by atoms with E-state index in [1.807, 2.05) is 4.90 Å². The Morgan fingerprint density at radius 2 is 1.93 bits per heavy atom. The van der Waals surface area contributed by atoms with Gasteiger partial charge in [-0.1, -0.05) is 35.3 Å². The Labute approximate surface area is 173 Å². The van der Waals surface area contributed by atoms with Gasteiger partial charge < -0.3 is 10.2 Å². The highest BCUT2D eigenvalue weighted by Gasteiger charge is 2.35. The monoisotopic (exact) mass is 437 g/mol. The predicted octanol–water partition coefficient (Wildman–Crippen LogP) is 3.79. The number of nitrogens with zero attached hydrogens (tertiary/aromatic N) is 2. The van der Waals surface area contributed by atoms with Crippen molar-refractivity contribution in [2.75, 3.05) is 18.4 Å². The van der Waals surface area contributed by atoms with Crippen LogP contribution in [0.1, 0.15) is 18.4 Å². The molecule has 2 aromatic rings. The maximum atomic E-state index is 12.7. The van der Waals surface area contributed by atoms with E-state index in [4.69, 9.17) is 23.2 Å². The van der Waals surface area contributed by atoms with E-state index in [0.29, 0.717) is 46.6 Å². The van der Waals surface area contributed by atoms with Gasteiger partial charge in [-0.15, -0.1) is 4.40 Å². The second kappa shape index (κ2) is 7.39. The highest BCUT2D eigenvalue weighted by atomic mass is 35.5. The Kier molecular flexibility index (Phi) is 5.07. The fourth-order valence-corrected chi connectivity index (χ4v) is 5.04. The fraction of sp³-hybridized carbons (Fsp3) is 0.263. The topological polar surface area (TPSA) is 78.8 Å². The summed E-state index contributed by atoms with van der Waals surface area (Å²) < 4.78 is 28.6. The Hall–Kier alpha value is -2.09. The summed E-state index contributed by atoms with van der Waals surface area (Å²) in [7, 11) is -3.68. The third kappa shape index (κ3) is 3.62. The smallest absolute Gasteiger partial charge is 0.285 e. The summed E-state index contributed by atoms with van der Waals surface area (Å²) in [6.45, 7) is 1.05. The molecule has 2 heterocycles. The van der Waals surface area contributed by atoms with Crippen LogP contribution in [0.5, 0.6) is 0 Å². The van der Waals surface area contributed by atoms with Crippen LogP contribution in [-0.4, -0.2) is 38.2 Å². The molecule has 1 unspecified atom stereocenters. The van der Waals surface area contributed by atoms with Crippen molar-refractivity contribution >= 4 is 50.7 Å². The van der Waals surface area contributed by atoms with Crippen LogP contribution in [0.15, 0.2) is 51.8 Å². The number of anilines is 1.